The number of anilines is 1. The SMILES string of the molecule is CCCNC(=O)CCC(=O)NCCc1ccc(N)cc1.Cl. The predicted octanol–water partition coefficient (Wildman–Crippen LogP) is 1.66. The van der Waals surface area contributed by atoms with Crippen molar-refractivity contribution in [3.05, 3.63) is 29.8 Å². The highest BCUT2D eigenvalue weighted by Crippen LogP contribution is 2.05. The van der Waals surface area contributed by atoms with E-state index in [4.69, 9.17) is 5.73 Å². The molecule has 0 saturated heterocycles. The van der Waals surface area contributed by atoms with Gasteiger partial charge in [0.1, 0.15) is 0 Å². The number of hydrogen-bond acceptors (Lipinski definition) is 3. The quantitative estimate of drug-likeness (QED) is 0.638. The molecule has 5 nitrogen and oxygen atoms in total. The maximum Gasteiger partial charge on any atom is 0.220 e. The highest BCUT2D eigenvalue weighted by molar-refractivity contribution is 5.85. The number of nitrogen functional groups attached to an aromatic ring is 1. The second-order valence-electron chi connectivity index (χ2n) is 4.69. The van der Waals surface area contributed by atoms with Gasteiger partial charge in [-0.05, 0) is 30.5 Å². The van der Waals surface area contributed by atoms with E-state index >= 15 is 0 Å². The van der Waals surface area contributed by atoms with Crippen molar-refractivity contribution in [2.75, 3.05) is 18.8 Å². The molecular weight excluding hydrogens is 290 g/mol. The van der Waals surface area contributed by atoms with Gasteiger partial charge < -0.3 is 16.4 Å². The number of nitrogens with one attached hydrogen (secondary N) is 2. The summed E-state index contributed by atoms with van der Waals surface area (Å²) in [6, 6.07) is 7.57. The standard InChI is InChI=1S/C15H23N3O2.ClH/c1-2-10-17-14(19)7-8-15(20)18-11-9-12-3-5-13(16)6-4-12;/h3-6H,2,7-11,16H2,1H3,(H,17,19)(H,18,20);1H. The lowest BCUT2D eigenvalue weighted by molar-refractivity contribution is -0.126. The normalized spacial score (nSPS) is 9.57. The first-order chi connectivity index (χ1) is 9.61. The fourth-order valence-electron chi connectivity index (χ4n) is 1.70. The lowest BCUT2D eigenvalue weighted by Crippen LogP contribution is -2.29. The van der Waals surface area contributed by atoms with E-state index in [2.05, 4.69) is 10.6 Å². The summed E-state index contributed by atoms with van der Waals surface area (Å²) in [6.07, 6.45) is 2.14. The number of nitrogens with two attached hydrogens (primary N) is 1. The second-order valence-corrected chi connectivity index (χ2v) is 4.69. The molecule has 4 N–H and O–H groups in total. The summed E-state index contributed by atoms with van der Waals surface area (Å²) in [5.74, 6) is -0.160. The summed E-state index contributed by atoms with van der Waals surface area (Å²) in [6.45, 7) is 3.22. The predicted molar refractivity (Wildman–Crippen MR) is 87.4 cm³/mol. The van der Waals surface area contributed by atoms with Crippen LogP contribution in [0.15, 0.2) is 24.3 Å². The molecule has 0 fully saturated rings. The van der Waals surface area contributed by atoms with Crippen molar-refractivity contribution in [3.63, 3.8) is 0 Å². The largest absolute Gasteiger partial charge is 0.399 e. The smallest absolute Gasteiger partial charge is 0.220 e. The van der Waals surface area contributed by atoms with Gasteiger partial charge in [0.2, 0.25) is 11.8 Å². The van der Waals surface area contributed by atoms with Gasteiger partial charge in [0.15, 0.2) is 0 Å². The number of rotatable bonds is 8. The Labute approximate surface area is 132 Å². The van der Waals surface area contributed by atoms with Gasteiger partial charge in [-0.15, -0.1) is 12.4 Å². The number of amides is 2. The number of benzene rings is 1. The molecule has 0 bridgehead atoms. The van der Waals surface area contributed by atoms with Crippen molar-refractivity contribution in [2.45, 2.75) is 32.6 Å². The minimum atomic E-state index is -0.0907. The van der Waals surface area contributed by atoms with Gasteiger partial charge >= 0.3 is 0 Å². The van der Waals surface area contributed by atoms with E-state index in [0.29, 0.717) is 13.1 Å². The maximum atomic E-state index is 11.6. The van der Waals surface area contributed by atoms with Gasteiger partial charge in [0.25, 0.3) is 0 Å². The highest BCUT2D eigenvalue weighted by atomic mass is 35.5. The Bertz CT molecular complexity index is 435. The zero-order valence-electron chi connectivity index (χ0n) is 12.4. The van der Waals surface area contributed by atoms with Crippen molar-refractivity contribution in [2.24, 2.45) is 0 Å². The van der Waals surface area contributed by atoms with Crippen LogP contribution in [0.5, 0.6) is 0 Å². The Kier molecular flexibility index (Phi) is 10.1. The van der Waals surface area contributed by atoms with Crippen molar-refractivity contribution in [1.29, 1.82) is 0 Å². The third-order valence-electron chi connectivity index (χ3n) is 2.87. The van der Waals surface area contributed by atoms with E-state index < -0.39 is 0 Å². The van der Waals surface area contributed by atoms with Gasteiger partial charge in [-0.25, -0.2) is 0 Å². The lowest BCUT2D eigenvalue weighted by atomic mass is 10.1. The molecule has 0 atom stereocenters. The minimum absolute atomic E-state index is 0. The Balaban J connectivity index is 0.00000400. The van der Waals surface area contributed by atoms with E-state index in [1.54, 1.807) is 0 Å². The molecule has 0 radical (unpaired) electrons. The van der Waals surface area contributed by atoms with E-state index in [0.717, 1.165) is 24.1 Å². The van der Waals surface area contributed by atoms with E-state index in [-0.39, 0.29) is 37.1 Å². The van der Waals surface area contributed by atoms with Crippen LogP contribution in [0.1, 0.15) is 31.7 Å². The Morgan fingerprint density at radius 2 is 1.52 bits per heavy atom. The molecule has 21 heavy (non-hydrogen) atoms. The zero-order valence-corrected chi connectivity index (χ0v) is 13.2. The average molecular weight is 314 g/mol. The molecule has 0 aromatic heterocycles. The van der Waals surface area contributed by atoms with Crippen LogP contribution in [-0.4, -0.2) is 24.9 Å². The molecule has 1 aromatic carbocycles. The second kappa shape index (κ2) is 11.0. The van der Waals surface area contributed by atoms with Gasteiger partial charge in [0, 0.05) is 31.6 Å². The third-order valence-corrected chi connectivity index (χ3v) is 2.87. The van der Waals surface area contributed by atoms with Crippen LogP contribution < -0.4 is 16.4 Å². The molecule has 0 saturated carbocycles. The number of halogens is 1. The van der Waals surface area contributed by atoms with Gasteiger partial charge in [-0.1, -0.05) is 19.1 Å². The van der Waals surface area contributed by atoms with Crippen LogP contribution in [0.3, 0.4) is 0 Å². The van der Waals surface area contributed by atoms with Gasteiger partial charge in [-0.2, -0.15) is 0 Å². The number of hydrogen-bond donors (Lipinski definition) is 3. The average Bonchev–Trinajstić information content (AvgIpc) is 2.45. The van der Waals surface area contributed by atoms with Crippen LogP contribution in [0.4, 0.5) is 5.69 Å². The molecule has 0 unspecified atom stereocenters. The molecule has 118 valence electrons. The molecule has 0 spiro atoms. The van der Waals surface area contributed by atoms with E-state index in [9.17, 15) is 9.59 Å². The van der Waals surface area contributed by atoms with Gasteiger partial charge in [-0.3, -0.25) is 9.59 Å². The highest BCUT2D eigenvalue weighted by Gasteiger charge is 2.05. The topological polar surface area (TPSA) is 84.2 Å². The zero-order chi connectivity index (χ0) is 14.8. The molecule has 2 amide bonds. The number of carbonyl (C=O) groups excluding carboxylic acids is 2. The summed E-state index contributed by atoms with van der Waals surface area (Å²) in [7, 11) is 0. The first-order valence-corrected chi connectivity index (χ1v) is 6.99. The molecule has 0 heterocycles. The first-order valence-electron chi connectivity index (χ1n) is 6.99. The van der Waals surface area contributed by atoms with Crippen LogP contribution in [0, 0.1) is 0 Å². The monoisotopic (exact) mass is 313 g/mol. The first kappa shape index (κ1) is 19.2. The molecule has 0 aliphatic heterocycles. The summed E-state index contributed by atoms with van der Waals surface area (Å²) in [5, 5.41) is 5.55. The summed E-state index contributed by atoms with van der Waals surface area (Å²) in [5.41, 5.74) is 7.46. The van der Waals surface area contributed by atoms with Crippen LogP contribution in [-0.2, 0) is 16.0 Å². The summed E-state index contributed by atoms with van der Waals surface area (Å²) >= 11 is 0. The van der Waals surface area contributed by atoms with Crippen molar-refractivity contribution in [3.8, 4) is 0 Å². The molecule has 0 aliphatic rings. The molecule has 6 heteroatoms. The summed E-state index contributed by atoms with van der Waals surface area (Å²) < 4.78 is 0. The van der Waals surface area contributed by atoms with Crippen molar-refractivity contribution < 1.29 is 9.59 Å². The van der Waals surface area contributed by atoms with Gasteiger partial charge in [0.05, 0.1) is 0 Å². The van der Waals surface area contributed by atoms with Crippen LogP contribution >= 0.6 is 12.4 Å². The summed E-state index contributed by atoms with van der Waals surface area (Å²) in [4.78, 5) is 22.9. The van der Waals surface area contributed by atoms with Crippen LogP contribution in [0.25, 0.3) is 0 Å². The third kappa shape index (κ3) is 8.92. The molecule has 1 rings (SSSR count). The van der Waals surface area contributed by atoms with E-state index in [1.807, 2.05) is 31.2 Å². The van der Waals surface area contributed by atoms with E-state index in [1.165, 1.54) is 0 Å². The number of carbonyl (C=O) groups is 2. The minimum Gasteiger partial charge on any atom is -0.399 e. The molecule has 0 aliphatic carbocycles. The Hall–Kier alpha value is -1.75. The van der Waals surface area contributed by atoms with Crippen LogP contribution in [0.2, 0.25) is 0 Å². The molecular formula is C15H24ClN3O2. The van der Waals surface area contributed by atoms with Crippen molar-refractivity contribution >= 4 is 29.9 Å². The lowest BCUT2D eigenvalue weighted by Gasteiger charge is -2.06. The Morgan fingerprint density at radius 1 is 1.00 bits per heavy atom. The fraction of sp³-hybridized carbons (Fsp3) is 0.467. The molecule has 1 aromatic rings. The van der Waals surface area contributed by atoms with Crippen molar-refractivity contribution in [1.82, 2.24) is 10.6 Å². The maximum absolute atomic E-state index is 11.6. The Morgan fingerprint density at radius 3 is 2.05 bits per heavy atom. The fourth-order valence-corrected chi connectivity index (χ4v) is 1.70.